The maximum atomic E-state index is 11.6. The number of nitrogens with zero attached hydrogens (tertiary/aromatic N) is 4. The van der Waals surface area contributed by atoms with Crippen molar-refractivity contribution < 1.29 is 19.9 Å². The molecule has 0 aliphatic carbocycles. The molecule has 0 atom stereocenters. The molecule has 23 heavy (non-hydrogen) atoms. The second-order valence-corrected chi connectivity index (χ2v) is 4.75. The lowest BCUT2D eigenvalue weighted by Crippen LogP contribution is -2.23. The van der Waals surface area contributed by atoms with Gasteiger partial charge in [-0.2, -0.15) is 0 Å². The molecule has 0 saturated carbocycles. The van der Waals surface area contributed by atoms with Crippen LogP contribution in [-0.4, -0.2) is 42.7 Å². The monoisotopic (exact) mass is 314 g/mol. The first kappa shape index (κ1) is 14.9. The van der Waals surface area contributed by atoms with Crippen LogP contribution in [0.2, 0.25) is 0 Å². The average Bonchev–Trinajstić information content (AvgIpc) is 2.97. The van der Waals surface area contributed by atoms with Crippen molar-refractivity contribution in [2.45, 2.75) is 6.54 Å². The fourth-order valence-electron chi connectivity index (χ4n) is 2.17. The molecule has 0 aliphatic rings. The summed E-state index contributed by atoms with van der Waals surface area (Å²) in [5, 5.41) is 17.2. The van der Waals surface area contributed by atoms with Crippen LogP contribution in [0.15, 0.2) is 48.9 Å². The summed E-state index contributed by atoms with van der Waals surface area (Å²) >= 11 is 0. The standard InChI is InChI=1S/C15H14N4O4/c20-15(19(21)22)11-9-13-12(17-10-11)4-6-18(13)7-8-23-14-3-1-2-5-16-14/h1-6,9-10,21-22H,7-8H2. The number of rotatable bonds is 5. The van der Waals surface area contributed by atoms with Gasteiger partial charge in [-0.25, -0.2) is 4.98 Å². The number of carbonyl (C=O) groups is 1. The SMILES string of the molecule is O=C(c1cnc2ccn(CCOc3ccccn3)c2c1)N(O)O. The molecular formula is C15H14N4O4. The van der Waals surface area contributed by atoms with E-state index < -0.39 is 11.1 Å². The summed E-state index contributed by atoms with van der Waals surface area (Å²) in [4.78, 5) is 19.8. The van der Waals surface area contributed by atoms with Gasteiger partial charge in [-0.3, -0.25) is 20.2 Å². The van der Waals surface area contributed by atoms with Crippen molar-refractivity contribution in [3.8, 4) is 5.88 Å². The van der Waals surface area contributed by atoms with Crippen LogP contribution >= 0.6 is 0 Å². The summed E-state index contributed by atoms with van der Waals surface area (Å²) in [6, 6.07) is 8.76. The van der Waals surface area contributed by atoms with Crippen molar-refractivity contribution in [3.63, 3.8) is 0 Å². The Morgan fingerprint density at radius 2 is 2.13 bits per heavy atom. The Kier molecular flexibility index (Phi) is 4.18. The van der Waals surface area contributed by atoms with Crippen LogP contribution in [0.4, 0.5) is 0 Å². The number of hydrogen-bond donors (Lipinski definition) is 2. The molecule has 2 N–H and O–H groups in total. The van der Waals surface area contributed by atoms with Gasteiger partial charge in [-0.15, -0.1) is 0 Å². The molecule has 0 radical (unpaired) electrons. The van der Waals surface area contributed by atoms with Crippen molar-refractivity contribution in [3.05, 3.63) is 54.5 Å². The van der Waals surface area contributed by atoms with Gasteiger partial charge in [0.2, 0.25) is 5.88 Å². The van der Waals surface area contributed by atoms with E-state index in [1.54, 1.807) is 24.4 Å². The molecule has 0 fully saturated rings. The molecule has 0 saturated heterocycles. The van der Waals surface area contributed by atoms with Gasteiger partial charge in [-0.1, -0.05) is 11.3 Å². The predicted molar refractivity (Wildman–Crippen MR) is 79.2 cm³/mol. The summed E-state index contributed by atoms with van der Waals surface area (Å²) in [7, 11) is 0. The molecular weight excluding hydrogens is 300 g/mol. The van der Waals surface area contributed by atoms with Crippen LogP contribution in [0.5, 0.6) is 5.88 Å². The van der Waals surface area contributed by atoms with Gasteiger partial charge in [0.15, 0.2) is 0 Å². The van der Waals surface area contributed by atoms with E-state index >= 15 is 0 Å². The Morgan fingerprint density at radius 3 is 2.87 bits per heavy atom. The summed E-state index contributed by atoms with van der Waals surface area (Å²) in [5.74, 6) is -0.411. The summed E-state index contributed by atoms with van der Waals surface area (Å²) in [5.41, 5.74) is 1.47. The van der Waals surface area contributed by atoms with Gasteiger partial charge in [-0.05, 0) is 18.2 Å². The molecule has 1 amide bonds. The first-order valence-corrected chi connectivity index (χ1v) is 6.86. The molecule has 0 unspecified atom stereocenters. The largest absolute Gasteiger partial charge is 0.476 e. The van der Waals surface area contributed by atoms with E-state index in [0.717, 1.165) is 0 Å². The number of pyridine rings is 2. The molecule has 8 nitrogen and oxygen atoms in total. The fraction of sp³-hybridized carbons (Fsp3) is 0.133. The predicted octanol–water partition coefficient (Wildman–Crippen LogP) is 1.73. The first-order valence-electron chi connectivity index (χ1n) is 6.86. The minimum atomic E-state index is -0.947. The molecule has 118 valence electrons. The molecule has 8 heteroatoms. The molecule has 0 spiro atoms. The van der Waals surface area contributed by atoms with Gasteiger partial charge in [0.1, 0.15) is 6.61 Å². The molecule has 0 aliphatic heterocycles. The van der Waals surface area contributed by atoms with Crippen LogP contribution in [0.25, 0.3) is 11.0 Å². The number of fused-ring (bicyclic) bond motifs is 1. The van der Waals surface area contributed by atoms with Crippen LogP contribution in [-0.2, 0) is 6.54 Å². The van der Waals surface area contributed by atoms with Gasteiger partial charge in [0.25, 0.3) is 0 Å². The fourth-order valence-corrected chi connectivity index (χ4v) is 2.17. The van der Waals surface area contributed by atoms with Gasteiger partial charge < -0.3 is 9.30 Å². The Bertz CT molecular complexity index is 817. The molecule has 3 aromatic rings. The lowest BCUT2D eigenvalue weighted by atomic mass is 10.2. The Hall–Kier alpha value is -2.97. The molecule has 3 heterocycles. The topological polar surface area (TPSA) is 101 Å². The van der Waals surface area contributed by atoms with E-state index in [1.165, 1.54) is 6.20 Å². The lowest BCUT2D eigenvalue weighted by Gasteiger charge is -2.09. The van der Waals surface area contributed by atoms with E-state index in [1.807, 2.05) is 22.9 Å². The highest BCUT2D eigenvalue weighted by Gasteiger charge is 2.14. The highest BCUT2D eigenvalue weighted by Crippen LogP contribution is 2.16. The maximum absolute atomic E-state index is 11.6. The van der Waals surface area contributed by atoms with Crippen LogP contribution in [0.3, 0.4) is 0 Å². The number of ether oxygens (including phenoxy) is 1. The Balaban J connectivity index is 1.75. The van der Waals surface area contributed by atoms with E-state index in [2.05, 4.69) is 9.97 Å². The lowest BCUT2D eigenvalue weighted by molar-refractivity contribution is -0.260. The molecule has 0 bridgehead atoms. The molecule has 3 aromatic heterocycles. The Morgan fingerprint density at radius 1 is 1.26 bits per heavy atom. The summed E-state index contributed by atoms with van der Waals surface area (Å²) in [6.07, 6.45) is 4.76. The van der Waals surface area contributed by atoms with Crippen molar-refractivity contribution in [1.29, 1.82) is 0 Å². The highest BCUT2D eigenvalue weighted by molar-refractivity contribution is 5.95. The van der Waals surface area contributed by atoms with Gasteiger partial charge in [0.05, 0.1) is 23.1 Å². The number of hydroxylamine groups is 2. The Labute approximate surface area is 131 Å². The van der Waals surface area contributed by atoms with Crippen molar-refractivity contribution in [2.75, 3.05) is 6.61 Å². The van der Waals surface area contributed by atoms with E-state index in [4.69, 9.17) is 15.2 Å². The second kappa shape index (κ2) is 6.42. The smallest absolute Gasteiger partial charge is 0.305 e. The van der Waals surface area contributed by atoms with E-state index in [9.17, 15) is 4.79 Å². The van der Waals surface area contributed by atoms with Crippen molar-refractivity contribution in [1.82, 2.24) is 19.8 Å². The van der Waals surface area contributed by atoms with Gasteiger partial charge >= 0.3 is 5.91 Å². The number of aromatic nitrogens is 3. The van der Waals surface area contributed by atoms with Crippen molar-refractivity contribution in [2.24, 2.45) is 0 Å². The van der Waals surface area contributed by atoms with Crippen LogP contribution in [0, 0.1) is 0 Å². The van der Waals surface area contributed by atoms with Gasteiger partial charge in [0, 0.05) is 24.7 Å². The minimum Gasteiger partial charge on any atom is -0.476 e. The number of carbonyl (C=O) groups excluding carboxylic acids is 1. The zero-order valence-electron chi connectivity index (χ0n) is 12.0. The maximum Gasteiger partial charge on any atom is 0.305 e. The highest BCUT2D eigenvalue weighted by atomic mass is 16.8. The van der Waals surface area contributed by atoms with Crippen LogP contribution in [0.1, 0.15) is 10.4 Å². The summed E-state index contributed by atoms with van der Waals surface area (Å²) in [6.45, 7) is 0.923. The minimum absolute atomic E-state index is 0.0769. The quantitative estimate of drug-likeness (QED) is 0.549. The second-order valence-electron chi connectivity index (χ2n) is 4.75. The third-order valence-corrected chi connectivity index (χ3v) is 3.27. The molecule has 0 aromatic carbocycles. The third-order valence-electron chi connectivity index (χ3n) is 3.27. The van der Waals surface area contributed by atoms with Crippen molar-refractivity contribution >= 4 is 16.9 Å². The normalized spacial score (nSPS) is 10.7. The van der Waals surface area contributed by atoms with E-state index in [0.29, 0.717) is 30.1 Å². The van der Waals surface area contributed by atoms with E-state index in [-0.39, 0.29) is 5.56 Å². The zero-order chi connectivity index (χ0) is 16.2. The zero-order valence-corrected chi connectivity index (χ0v) is 12.0. The molecule has 3 rings (SSSR count). The van der Waals surface area contributed by atoms with Crippen LogP contribution < -0.4 is 4.74 Å². The first-order chi connectivity index (χ1) is 11.1. The number of hydrogen-bond acceptors (Lipinski definition) is 6. The third kappa shape index (κ3) is 3.28. The average molecular weight is 314 g/mol. The number of amides is 1. The summed E-state index contributed by atoms with van der Waals surface area (Å²) < 4.78 is 7.40.